The van der Waals surface area contributed by atoms with Gasteiger partial charge in [-0.1, -0.05) is 19.4 Å². The Morgan fingerprint density at radius 1 is 1.44 bits per heavy atom. The van der Waals surface area contributed by atoms with Gasteiger partial charge in [0, 0.05) is 31.0 Å². The number of nitrogens with zero attached hydrogens (tertiary/aromatic N) is 2. The Labute approximate surface area is 110 Å². The highest BCUT2D eigenvalue weighted by atomic mass is 15.2. The van der Waals surface area contributed by atoms with Gasteiger partial charge in [-0.2, -0.15) is 0 Å². The number of aromatic nitrogens is 1. The second-order valence-corrected chi connectivity index (χ2v) is 5.58. The topological polar surface area (TPSA) is 28.2 Å². The summed E-state index contributed by atoms with van der Waals surface area (Å²) in [6.07, 6.45) is 7.82. The molecule has 1 aromatic rings. The van der Waals surface area contributed by atoms with E-state index in [2.05, 4.69) is 34.3 Å². The van der Waals surface area contributed by atoms with Gasteiger partial charge in [0.1, 0.15) is 0 Å². The minimum Gasteiger partial charge on any atom is -0.315 e. The van der Waals surface area contributed by atoms with Crippen LogP contribution >= 0.6 is 0 Å². The van der Waals surface area contributed by atoms with Crippen LogP contribution < -0.4 is 5.32 Å². The molecule has 2 fully saturated rings. The highest BCUT2D eigenvalue weighted by Crippen LogP contribution is 2.36. The zero-order chi connectivity index (χ0) is 12.4. The Hall–Kier alpha value is -0.930. The van der Waals surface area contributed by atoms with Crippen LogP contribution in [0.5, 0.6) is 0 Å². The summed E-state index contributed by atoms with van der Waals surface area (Å²) >= 11 is 0. The van der Waals surface area contributed by atoms with Gasteiger partial charge in [-0.15, -0.1) is 0 Å². The van der Waals surface area contributed by atoms with Gasteiger partial charge in [0.05, 0.1) is 0 Å². The molecule has 0 amide bonds. The molecule has 2 aliphatic heterocycles. The van der Waals surface area contributed by atoms with E-state index in [1.807, 2.05) is 12.4 Å². The molecular weight excluding hydrogens is 222 g/mol. The van der Waals surface area contributed by atoms with E-state index >= 15 is 0 Å². The fourth-order valence-corrected chi connectivity index (χ4v) is 3.64. The number of pyridine rings is 1. The van der Waals surface area contributed by atoms with Gasteiger partial charge in [-0.05, 0) is 43.5 Å². The second-order valence-electron chi connectivity index (χ2n) is 5.58. The molecule has 3 heteroatoms. The van der Waals surface area contributed by atoms with E-state index in [1.165, 1.54) is 37.9 Å². The maximum absolute atomic E-state index is 4.29. The number of rotatable bonds is 3. The number of likely N-dealkylation sites (tertiary alicyclic amines) is 1. The molecule has 18 heavy (non-hydrogen) atoms. The van der Waals surface area contributed by atoms with Crippen molar-refractivity contribution in [2.45, 2.75) is 38.3 Å². The molecule has 0 aliphatic carbocycles. The fraction of sp³-hybridized carbons (Fsp3) is 0.667. The van der Waals surface area contributed by atoms with Crippen LogP contribution in [0.2, 0.25) is 0 Å². The molecular formula is C15H23N3. The lowest BCUT2D eigenvalue weighted by molar-refractivity contribution is 0.154. The highest BCUT2D eigenvalue weighted by Gasteiger charge is 2.37. The summed E-state index contributed by atoms with van der Waals surface area (Å²) in [5.74, 6) is 0.822. The summed E-state index contributed by atoms with van der Waals surface area (Å²) in [7, 11) is 0. The molecule has 3 nitrogen and oxygen atoms in total. The first-order valence-corrected chi connectivity index (χ1v) is 7.26. The lowest BCUT2D eigenvalue weighted by atomic mass is 9.97. The van der Waals surface area contributed by atoms with Crippen LogP contribution in [0.3, 0.4) is 0 Å². The van der Waals surface area contributed by atoms with Gasteiger partial charge in [0.25, 0.3) is 0 Å². The van der Waals surface area contributed by atoms with Crippen LogP contribution in [0.15, 0.2) is 24.5 Å². The van der Waals surface area contributed by atoms with Crippen molar-refractivity contribution in [3.05, 3.63) is 30.1 Å². The summed E-state index contributed by atoms with van der Waals surface area (Å²) in [6.45, 7) is 5.93. The average Bonchev–Trinajstić information content (AvgIpc) is 3.07. The van der Waals surface area contributed by atoms with E-state index in [1.54, 1.807) is 0 Å². The second kappa shape index (κ2) is 5.37. The minimum atomic E-state index is 0.595. The molecule has 0 spiro atoms. The average molecular weight is 245 g/mol. The SMILES string of the molecule is CCC1CNCC1N1CCCC1c1cccnc1. The van der Waals surface area contributed by atoms with E-state index in [4.69, 9.17) is 0 Å². The van der Waals surface area contributed by atoms with Gasteiger partial charge in [-0.25, -0.2) is 0 Å². The van der Waals surface area contributed by atoms with Crippen molar-refractivity contribution in [2.24, 2.45) is 5.92 Å². The molecule has 0 radical (unpaired) electrons. The first-order chi connectivity index (χ1) is 8.90. The summed E-state index contributed by atoms with van der Waals surface area (Å²) in [6, 6.07) is 5.62. The van der Waals surface area contributed by atoms with Crippen molar-refractivity contribution < 1.29 is 0 Å². The van der Waals surface area contributed by atoms with Crippen LogP contribution in [-0.2, 0) is 0 Å². The molecule has 0 aromatic carbocycles. The third-order valence-electron chi connectivity index (χ3n) is 4.62. The van der Waals surface area contributed by atoms with Crippen LogP contribution in [0.1, 0.15) is 37.8 Å². The Balaban J connectivity index is 1.79. The molecule has 2 saturated heterocycles. The Bertz CT molecular complexity index is 379. The van der Waals surface area contributed by atoms with Gasteiger partial charge in [-0.3, -0.25) is 9.88 Å². The fourth-order valence-electron chi connectivity index (χ4n) is 3.64. The van der Waals surface area contributed by atoms with Crippen molar-refractivity contribution in [1.82, 2.24) is 15.2 Å². The van der Waals surface area contributed by atoms with E-state index in [0.29, 0.717) is 6.04 Å². The van der Waals surface area contributed by atoms with Crippen LogP contribution in [0.25, 0.3) is 0 Å². The molecule has 1 N–H and O–H groups in total. The molecule has 2 aliphatic rings. The minimum absolute atomic E-state index is 0.595. The molecule has 1 aromatic heterocycles. The monoisotopic (exact) mass is 245 g/mol. The maximum Gasteiger partial charge on any atom is 0.0367 e. The number of hydrogen-bond donors (Lipinski definition) is 1. The standard InChI is InChI=1S/C15H23N3/c1-2-12-9-17-11-15(12)18-8-4-6-14(18)13-5-3-7-16-10-13/h3,5,7,10,12,14-15,17H,2,4,6,8-9,11H2,1H3. The summed E-state index contributed by atoms with van der Waals surface area (Å²) < 4.78 is 0. The lowest BCUT2D eigenvalue weighted by Crippen LogP contribution is -2.40. The zero-order valence-electron chi connectivity index (χ0n) is 11.2. The summed E-state index contributed by atoms with van der Waals surface area (Å²) in [5, 5.41) is 3.56. The molecule has 3 rings (SSSR count). The van der Waals surface area contributed by atoms with Crippen molar-refractivity contribution >= 4 is 0 Å². The molecule has 3 atom stereocenters. The Morgan fingerprint density at radius 2 is 2.39 bits per heavy atom. The van der Waals surface area contributed by atoms with Crippen LogP contribution in [-0.4, -0.2) is 35.6 Å². The molecule has 3 unspecified atom stereocenters. The maximum atomic E-state index is 4.29. The van der Waals surface area contributed by atoms with Gasteiger partial charge in [0.15, 0.2) is 0 Å². The summed E-state index contributed by atoms with van der Waals surface area (Å²) in [4.78, 5) is 7.01. The molecule has 3 heterocycles. The third-order valence-corrected chi connectivity index (χ3v) is 4.62. The summed E-state index contributed by atoms with van der Waals surface area (Å²) in [5.41, 5.74) is 1.40. The van der Waals surface area contributed by atoms with Crippen molar-refractivity contribution in [1.29, 1.82) is 0 Å². The van der Waals surface area contributed by atoms with E-state index in [0.717, 1.165) is 18.5 Å². The molecule has 0 bridgehead atoms. The highest BCUT2D eigenvalue weighted by molar-refractivity contribution is 5.16. The van der Waals surface area contributed by atoms with Crippen LogP contribution in [0.4, 0.5) is 0 Å². The number of nitrogens with one attached hydrogen (secondary N) is 1. The Morgan fingerprint density at radius 3 is 3.17 bits per heavy atom. The third kappa shape index (κ3) is 2.17. The van der Waals surface area contributed by atoms with Crippen molar-refractivity contribution in [3.8, 4) is 0 Å². The predicted molar refractivity (Wildman–Crippen MR) is 73.4 cm³/mol. The van der Waals surface area contributed by atoms with Gasteiger partial charge in [0.2, 0.25) is 0 Å². The largest absolute Gasteiger partial charge is 0.315 e. The first kappa shape index (κ1) is 12.1. The van der Waals surface area contributed by atoms with Crippen molar-refractivity contribution in [3.63, 3.8) is 0 Å². The van der Waals surface area contributed by atoms with E-state index in [9.17, 15) is 0 Å². The quantitative estimate of drug-likeness (QED) is 0.885. The normalized spacial score (nSPS) is 33.1. The van der Waals surface area contributed by atoms with Gasteiger partial charge < -0.3 is 5.32 Å². The lowest BCUT2D eigenvalue weighted by Gasteiger charge is -2.33. The first-order valence-electron chi connectivity index (χ1n) is 7.26. The predicted octanol–water partition coefficient (Wildman–Crippen LogP) is 2.22. The van der Waals surface area contributed by atoms with E-state index < -0.39 is 0 Å². The number of hydrogen-bond acceptors (Lipinski definition) is 3. The van der Waals surface area contributed by atoms with Gasteiger partial charge >= 0.3 is 0 Å². The molecule has 98 valence electrons. The van der Waals surface area contributed by atoms with E-state index in [-0.39, 0.29) is 0 Å². The zero-order valence-corrected chi connectivity index (χ0v) is 11.2. The van der Waals surface area contributed by atoms with Crippen LogP contribution in [0, 0.1) is 5.92 Å². The smallest absolute Gasteiger partial charge is 0.0367 e. The van der Waals surface area contributed by atoms with Crippen molar-refractivity contribution in [2.75, 3.05) is 19.6 Å². The Kier molecular flexibility index (Phi) is 3.62. The molecule has 0 saturated carbocycles.